The van der Waals surface area contributed by atoms with E-state index in [2.05, 4.69) is 34.5 Å². The summed E-state index contributed by atoms with van der Waals surface area (Å²) >= 11 is 1.75. The molecule has 2 unspecified atom stereocenters. The maximum atomic E-state index is 12.8. The van der Waals surface area contributed by atoms with E-state index >= 15 is 0 Å². The molecule has 1 amide bonds. The number of likely N-dealkylation sites (N-methyl/N-ethyl adjacent to an activating group) is 1. The summed E-state index contributed by atoms with van der Waals surface area (Å²) in [6, 6.07) is 8.79. The Kier molecular flexibility index (Phi) is 4.32. The summed E-state index contributed by atoms with van der Waals surface area (Å²) < 4.78 is 0. The Bertz CT molecular complexity index is 464. The van der Waals surface area contributed by atoms with E-state index < -0.39 is 0 Å². The van der Waals surface area contributed by atoms with E-state index in [9.17, 15) is 4.79 Å². The van der Waals surface area contributed by atoms with Gasteiger partial charge < -0.3 is 10.2 Å². The molecule has 1 aromatic carbocycles. The highest BCUT2D eigenvalue weighted by Gasteiger charge is 2.35. The van der Waals surface area contributed by atoms with Gasteiger partial charge in [0, 0.05) is 24.0 Å². The number of carbonyl (C=O) groups excluding carboxylic acids is 1. The maximum absolute atomic E-state index is 12.8. The summed E-state index contributed by atoms with van der Waals surface area (Å²) in [5, 5.41) is 3.32. The number of carbonyl (C=O) groups is 1. The molecule has 0 aromatic heterocycles. The van der Waals surface area contributed by atoms with Gasteiger partial charge >= 0.3 is 0 Å². The van der Waals surface area contributed by atoms with E-state index in [0.717, 1.165) is 32.4 Å². The summed E-state index contributed by atoms with van der Waals surface area (Å²) in [7, 11) is 1.97. The number of hydrogen-bond acceptors (Lipinski definition) is 3. The highest BCUT2D eigenvalue weighted by atomic mass is 32.2. The smallest absolute Gasteiger partial charge is 0.236 e. The maximum Gasteiger partial charge on any atom is 0.236 e. The van der Waals surface area contributed by atoms with Crippen LogP contribution in [0.5, 0.6) is 0 Å². The molecule has 0 spiro atoms. The first-order chi connectivity index (χ1) is 9.79. The Morgan fingerprint density at radius 3 is 3.05 bits per heavy atom. The number of likely N-dealkylation sites (tertiary alicyclic amines) is 1. The molecule has 1 saturated heterocycles. The van der Waals surface area contributed by atoms with E-state index in [1.807, 2.05) is 7.05 Å². The van der Waals surface area contributed by atoms with E-state index in [1.165, 1.54) is 16.9 Å². The summed E-state index contributed by atoms with van der Waals surface area (Å²) in [6.07, 6.45) is 4.42. The van der Waals surface area contributed by atoms with Crippen LogP contribution in [0.1, 0.15) is 24.8 Å². The Morgan fingerprint density at radius 1 is 1.40 bits per heavy atom. The van der Waals surface area contributed by atoms with Crippen molar-refractivity contribution in [3.8, 4) is 0 Å². The minimum atomic E-state index is 0.0878. The SMILES string of the molecule is CNCC1CCCCN1C(=O)C1Cc2ccccc2S1. The number of benzene rings is 1. The minimum absolute atomic E-state index is 0.0878. The summed E-state index contributed by atoms with van der Waals surface area (Å²) in [5.41, 5.74) is 1.33. The van der Waals surface area contributed by atoms with Crippen LogP contribution in [0.3, 0.4) is 0 Å². The first-order valence-electron chi connectivity index (χ1n) is 7.49. The lowest BCUT2D eigenvalue weighted by Gasteiger charge is -2.37. The van der Waals surface area contributed by atoms with E-state index in [-0.39, 0.29) is 5.25 Å². The lowest BCUT2D eigenvalue weighted by molar-refractivity contribution is -0.134. The monoisotopic (exact) mass is 290 g/mol. The van der Waals surface area contributed by atoms with E-state index in [1.54, 1.807) is 11.8 Å². The fourth-order valence-electron chi connectivity index (χ4n) is 3.24. The third-order valence-corrected chi connectivity index (χ3v) is 5.58. The second-order valence-electron chi connectivity index (χ2n) is 5.66. The number of thioether (sulfide) groups is 1. The molecule has 1 N–H and O–H groups in total. The number of nitrogens with zero attached hydrogens (tertiary/aromatic N) is 1. The van der Waals surface area contributed by atoms with Gasteiger partial charge in [-0.3, -0.25) is 4.79 Å². The van der Waals surface area contributed by atoms with Gasteiger partial charge in [0.05, 0.1) is 5.25 Å². The average molecular weight is 290 g/mol. The van der Waals surface area contributed by atoms with Crippen LogP contribution in [0.2, 0.25) is 0 Å². The standard InChI is InChI=1S/C16H22N2OS/c1-17-11-13-7-4-5-9-18(13)16(19)15-10-12-6-2-3-8-14(12)20-15/h2-3,6,8,13,15,17H,4-5,7,9-11H2,1H3. The molecular weight excluding hydrogens is 268 g/mol. The first-order valence-corrected chi connectivity index (χ1v) is 8.37. The van der Waals surface area contributed by atoms with Crippen LogP contribution in [-0.2, 0) is 11.2 Å². The highest BCUT2D eigenvalue weighted by Crippen LogP contribution is 2.38. The van der Waals surface area contributed by atoms with Crippen LogP contribution in [0.25, 0.3) is 0 Å². The number of nitrogens with one attached hydrogen (secondary N) is 1. The average Bonchev–Trinajstić information content (AvgIpc) is 2.91. The second-order valence-corrected chi connectivity index (χ2v) is 6.90. The molecule has 3 nitrogen and oxygen atoms in total. The Hall–Kier alpha value is -1.00. The van der Waals surface area contributed by atoms with Gasteiger partial charge in [-0.25, -0.2) is 0 Å². The predicted molar refractivity (Wildman–Crippen MR) is 83.1 cm³/mol. The first kappa shape index (κ1) is 14.0. The zero-order valence-corrected chi connectivity index (χ0v) is 12.8. The number of amides is 1. The van der Waals surface area contributed by atoms with Gasteiger partial charge in [-0.05, 0) is 44.4 Å². The van der Waals surface area contributed by atoms with Gasteiger partial charge in [0.25, 0.3) is 0 Å². The zero-order chi connectivity index (χ0) is 13.9. The van der Waals surface area contributed by atoms with Crippen molar-refractivity contribution in [3.63, 3.8) is 0 Å². The normalized spacial score (nSPS) is 25.6. The molecule has 0 bridgehead atoms. The van der Waals surface area contributed by atoms with Gasteiger partial charge in [-0.1, -0.05) is 18.2 Å². The predicted octanol–water partition coefficient (Wildman–Crippen LogP) is 2.30. The van der Waals surface area contributed by atoms with Crippen molar-refractivity contribution in [2.24, 2.45) is 0 Å². The van der Waals surface area contributed by atoms with Crippen molar-refractivity contribution in [1.29, 1.82) is 0 Å². The Balaban J connectivity index is 1.70. The van der Waals surface area contributed by atoms with Crippen LogP contribution >= 0.6 is 11.8 Å². The molecule has 0 saturated carbocycles. The topological polar surface area (TPSA) is 32.3 Å². The number of fused-ring (bicyclic) bond motifs is 1. The minimum Gasteiger partial charge on any atom is -0.337 e. The highest BCUT2D eigenvalue weighted by molar-refractivity contribution is 8.01. The third kappa shape index (κ3) is 2.72. The molecule has 3 rings (SSSR count). The van der Waals surface area contributed by atoms with Crippen molar-refractivity contribution >= 4 is 17.7 Å². The van der Waals surface area contributed by atoms with Crippen LogP contribution in [-0.4, -0.2) is 42.2 Å². The van der Waals surface area contributed by atoms with Crippen molar-refractivity contribution in [2.45, 2.75) is 41.9 Å². The third-order valence-electron chi connectivity index (χ3n) is 4.27. The second kappa shape index (κ2) is 6.19. The summed E-state index contributed by atoms with van der Waals surface area (Å²) in [5.74, 6) is 0.339. The molecule has 1 aromatic rings. The van der Waals surface area contributed by atoms with E-state index in [0.29, 0.717) is 11.9 Å². The molecule has 20 heavy (non-hydrogen) atoms. The van der Waals surface area contributed by atoms with Crippen molar-refractivity contribution in [3.05, 3.63) is 29.8 Å². The molecule has 0 radical (unpaired) electrons. The van der Waals surface area contributed by atoms with Crippen molar-refractivity contribution in [2.75, 3.05) is 20.1 Å². The van der Waals surface area contributed by atoms with Gasteiger partial charge in [0.15, 0.2) is 0 Å². The van der Waals surface area contributed by atoms with Crippen LogP contribution in [0, 0.1) is 0 Å². The van der Waals surface area contributed by atoms with Gasteiger partial charge in [-0.15, -0.1) is 11.8 Å². The van der Waals surface area contributed by atoms with Crippen LogP contribution in [0.15, 0.2) is 29.2 Å². The molecule has 2 aliphatic heterocycles. The van der Waals surface area contributed by atoms with Crippen LogP contribution < -0.4 is 5.32 Å². The molecule has 2 aliphatic rings. The number of piperidine rings is 1. The zero-order valence-electron chi connectivity index (χ0n) is 12.0. The molecule has 108 valence electrons. The molecule has 1 fully saturated rings. The van der Waals surface area contributed by atoms with Gasteiger partial charge in [-0.2, -0.15) is 0 Å². The largest absolute Gasteiger partial charge is 0.337 e. The molecule has 4 heteroatoms. The Morgan fingerprint density at radius 2 is 2.25 bits per heavy atom. The number of hydrogen-bond donors (Lipinski definition) is 1. The molecule has 2 heterocycles. The van der Waals surface area contributed by atoms with Gasteiger partial charge in [0.1, 0.15) is 0 Å². The van der Waals surface area contributed by atoms with Crippen LogP contribution in [0.4, 0.5) is 0 Å². The fraction of sp³-hybridized carbons (Fsp3) is 0.562. The number of rotatable bonds is 3. The Labute approximate surface area is 125 Å². The van der Waals surface area contributed by atoms with Crippen molar-refractivity contribution in [1.82, 2.24) is 10.2 Å². The lowest BCUT2D eigenvalue weighted by atomic mass is 10.0. The quantitative estimate of drug-likeness (QED) is 0.927. The molecule has 0 aliphatic carbocycles. The fourth-order valence-corrected chi connectivity index (χ4v) is 4.51. The summed E-state index contributed by atoms with van der Waals surface area (Å²) in [6.45, 7) is 1.84. The lowest BCUT2D eigenvalue weighted by Crippen LogP contribution is -2.50. The van der Waals surface area contributed by atoms with Crippen molar-refractivity contribution < 1.29 is 4.79 Å². The van der Waals surface area contributed by atoms with Gasteiger partial charge in [0.2, 0.25) is 5.91 Å². The molecule has 2 atom stereocenters. The molecular formula is C16H22N2OS. The van der Waals surface area contributed by atoms with E-state index in [4.69, 9.17) is 0 Å². The summed E-state index contributed by atoms with van der Waals surface area (Å²) in [4.78, 5) is 16.2.